The molecule has 0 aliphatic rings. The zero-order chi connectivity index (χ0) is 15.0. The summed E-state index contributed by atoms with van der Waals surface area (Å²) in [6.45, 7) is 6.36. The Kier molecular flexibility index (Phi) is 3.64. The van der Waals surface area contributed by atoms with Crippen LogP contribution in [0.25, 0.3) is 22.3 Å². The van der Waals surface area contributed by atoms with E-state index >= 15 is 0 Å². The van der Waals surface area contributed by atoms with E-state index in [0.29, 0.717) is 5.92 Å². The van der Waals surface area contributed by atoms with Crippen LogP contribution in [-0.4, -0.2) is 17.1 Å². The maximum atomic E-state index is 5.38. The van der Waals surface area contributed by atoms with Crippen LogP contribution in [0.4, 0.5) is 0 Å². The summed E-state index contributed by atoms with van der Waals surface area (Å²) in [4.78, 5) is 9.47. The predicted octanol–water partition coefficient (Wildman–Crippen LogP) is 4.80. The van der Waals surface area contributed by atoms with Gasteiger partial charge in [-0.2, -0.15) is 0 Å². The lowest BCUT2D eigenvalue weighted by atomic mass is 10.1. The van der Waals surface area contributed by atoms with Gasteiger partial charge in [0.05, 0.1) is 29.0 Å². The summed E-state index contributed by atoms with van der Waals surface area (Å²) in [5.74, 6) is 1.32. The fraction of sp³-hybridized carbons (Fsp3) is 0.294. The third-order valence-electron chi connectivity index (χ3n) is 3.56. The van der Waals surface area contributed by atoms with Gasteiger partial charge >= 0.3 is 0 Å². The van der Waals surface area contributed by atoms with Crippen LogP contribution >= 0.6 is 11.3 Å². The minimum absolute atomic E-state index is 0.450. The molecule has 0 saturated heterocycles. The molecule has 0 N–H and O–H groups in total. The standard InChI is InChI=1S/C17H18N2OS/c1-10(2)17-19-14(9-21-17)13-7-5-12-6-8-15(20-4)11(3)16(12)18-13/h5-10H,1-4H3. The van der Waals surface area contributed by atoms with Crippen LogP contribution < -0.4 is 4.74 Å². The number of thiazole rings is 1. The van der Waals surface area contributed by atoms with Crippen molar-refractivity contribution in [3.05, 3.63) is 40.2 Å². The Balaban J connectivity index is 2.13. The zero-order valence-electron chi connectivity index (χ0n) is 12.7. The molecule has 1 aromatic carbocycles. The van der Waals surface area contributed by atoms with Gasteiger partial charge in [-0.05, 0) is 25.1 Å². The fourth-order valence-corrected chi connectivity index (χ4v) is 3.18. The second-order valence-corrected chi connectivity index (χ2v) is 6.28. The van der Waals surface area contributed by atoms with Gasteiger partial charge in [0.2, 0.25) is 0 Å². The van der Waals surface area contributed by atoms with Gasteiger partial charge < -0.3 is 4.74 Å². The van der Waals surface area contributed by atoms with E-state index in [4.69, 9.17) is 9.72 Å². The average Bonchev–Trinajstić information content (AvgIpc) is 2.97. The molecule has 0 bridgehead atoms. The summed E-state index contributed by atoms with van der Waals surface area (Å²) < 4.78 is 5.38. The number of benzene rings is 1. The quantitative estimate of drug-likeness (QED) is 0.696. The summed E-state index contributed by atoms with van der Waals surface area (Å²) in [7, 11) is 1.69. The Morgan fingerprint density at radius 1 is 1.05 bits per heavy atom. The molecule has 0 amide bonds. The van der Waals surface area contributed by atoms with Gasteiger partial charge in [0, 0.05) is 22.2 Å². The highest BCUT2D eigenvalue weighted by Gasteiger charge is 2.11. The highest BCUT2D eigenvalue weighted by atomic mass is 32.1. The third kappa shape index (κ3) is 2.51. The van der Waals surface area contributed by atoms with E-state index in [1.807, 2.05) is 25.1 Å². The first-order valence-electron chi connectivity index (χ1n) is 7.00. The van der Waals surface area contributed by atoms with E-state index in [1.165, 1.54) is 0 Å². The smallest absolute Gasteiger partial charge is 0.123 e. The van der Waals surface area contributed by atoms with Crippen LogP contribution in [0, 0.1) is 6.92 Å². The van der Waals surface area contributed by atoms with E-state index < -0.39 is 0 Å². The summed E-state index contributed by atoms with van der Waals surface area (Å²) in [6.07, 6.45) is 0. The van der Waals surface area contributed by atoms with Crippen molar-refractivity contribution in [1.82, 2.24) is 9.97 Å². The molecule has 2 aromatic heterocycles. The van der Waals surface area contributed by atoms with E-state index in [1.54, 1.807) is 18.4 Å². The maximum Gasteiger partial charge on any atom is 0.123 e. The lowest BCUT2D eigenvalue weighted by molar-refractivity contribution is 0.412. The number of pyridine rings is 1. The van der Waals surface area contributed by atoms with Crippen molar-refractivity contribution in [3.8, 4) is 17.1 Å². The average molecular weight is 298 g/mol. The fourth-order valence-electron chi connectivity index (χ4n) is 2.35. The maximum absolute atomic E-state index is 5.38. The normalized spacial score (nSPS) is 11.3. The number of nitrogens with zero attached hydrogens (tertiary/aromatic N) is 2. The van der Waals surface area contributed by atoms with Crippen molar-refractivity contribution in [2.45, 2.75) is 26.7 Å². The molecule has 0 saturated carbocycles. The van der Waals surface area contributed by atoms with Crippen molar-refractivity contribution >= 4 is 22.2 Å². The molecular formula is C17H18N2OS. The Morgan fingerprint density at radius 3 is 2.48 bits per heavy atom. The molecule has 108 valence electrons. The first kappa shape index (κ1) is 14.0. The van der Waals surface area contributed by atoms with Crippen LogP contribution in [0.3, 0.4) is 0 Å². The highest BCUT2D eigenvalue weighted by Crippen LogP contribution is 2.30. The largest absolute Gasteiger partial charge is 0.496 e. The Bertz CT molecular complexity index is 793. The van der Waals surface area contributed by atoms with E-state index in [0.717, 1.165) is 38.6 Å². The molecule has 0 unspecified atom stereocenters. The molecule has 0 aliphatic carbocycles. The molecule has 0 fully saturated rings. The second-order valence-electron chi connectivity index (χ2n) is 5.39. The lowest BCUT2D eigenvalue weighted by Crippen LogP contribution is -1.92. The van der Waals surface area contributed by atoms with E-state index in [9.17, 15) is 0 Å². The Hall–Kier alpha value is -1.94. The van der Waals surface area contributed by atoms with Crippen LogP contribution in [0.5, 0.6) is 5.75 Å². The molecule has 3 aromatic rings. The van der Waals surface area contributed by atoms with Crippen LogP contribution in [0.1, 0.15) is 30.3 Å². The van der Waals surface area contributed by atoms with Crippen molar-refractivity contribution in [2.24, 2.45) is 0 Å². The number of hydrogen-bond donors (Lipinski definition) is 0. The molecule has 0 spiro atoms. The Morgan fingerprint density at radius 2 is 1.81 bits per heavy atom. The van der Waals surface area contributed by atoms with Crippen molar-refractivity contribution in [2.75, 3.05) is 7.11 Å². The summed E-state index contributed by atoms with van der Waals surface area (Å²) in [5, 5.41) is 4.35. The van der Waals surface area contributed by atoms with Crippen molar-refractivity contribution < 1.29 is 4.74 Å². The number of rotatable bonds is 3. The van der Waals surface area contributed by atoms with Gasteiger partial charge in [0.1, 0.15) is 5.75 Å². The molecule has 4 heteroatoms. The molecule has 2 heterocycles. The molecule has 0 atom stereocenters. The van der Waals surface area contributed by atoms with Gasteiger partial charge in [0.15, 0.2) is 0 Å². The van der Waals surface area contributed by atoms with Gasteiger partial charge in [-0.1, -0.05) is 19.9 Å². The number of hydrogen-bond acceptors (Lipinski definition) is 4. The van der Waals surface area contributed by atoms with Gasteiger partial charge in [0.25, 0.3) is 0 Å². The number of aryl methyl sites for hydroxylation is 1. The van der Waals surface area contributed by atoms with Gasteiger partial charge in [-0.25, -0.2) is 9.97 Å². The van der Waals surface area contributed by atoms with Crippen LogP contribution in [0.2, 0.25) is 0 Å². The van der Waals surface area contributed by atoms with Crippen LogP contribution in [0.15, 0.2) is 29.6 Å². The molecule has 3 nitrogen and oxygen atoms in total. The molecule has 21 heavy (non-hydrogen) atoms. The van der Waals surface area contributed by atoms with E-state index in [2.05, 4.69) is 30.3 Å². The molecular weight excluding hydrogens is 280 g/mol. The lowest BCUT2D eigenvalue weighted by Gasteiger charge is -2.08. The number of fused-ring (bicyclic) bond motifs is 1. The Labute approximate surface area is 128 Å². The first-order chi connectivity index (χ1) is 10.1. The number of ether oxygens (including phenoxy) is 1. The minimum Gasteiger partial charge on any atom is -0.496 e. The predicted molar refractivity (Wildman–Crippen MR) is 88.2 cm³/mol. The summed E-state index contributed by atoms with van der Waals surface area (Å²) in [5.41, 5.74) is 3.91. The molecule has 0 radical (unpaired) electrons. The number of aromatic nitrogens is 2. The summed E-state index contributed by atoms with van der Waals surface area (Å²) in [6, 6.07) is 8.16. The zero-order valence-corrected chi connectivity index (χ0v) is 13.5. The van der Waals surface area contributed by atoms with Crippen molar-refractivity contribution in [1.29, 1.82) is 0 Å². The second kappa shape index (κ2) is 5.45. The topological polar surface area (TPSA) is 35.0 Å². The third-order valence-corrected chi connectivity index (χ3v) is 4.71. The first-order valence-corrected chi connectivity index (χ1v) is 7.88. The van der Waals surface area contributed by atoms with Crippen LogP contribution in [-0.2, 0) is 0 Å². The van der Waals surface area contributed by atoms with E-state index in [-0.39, 0.29) is 0 Å². The minimum atomic E-state index is 0.450. The molecule has 3 rings (SSSR count). The number of methoxy groups -OCH3 is 1. The highest BCUT2D eigenvalue weighted by molar-refractivity contribution is 7.10. The molecule has 0 aliphatic heterocycles. The van der Waals surface area contributed by atoms with Gasteiger partial charge in [-0.3, -0.25) is 0 Å². The van der Waals surface area contributed by atoms with Crippen molar-refractivity contribution in [3.63, 3.8) is 0 Å². The monoisotopic (exact) mass is 298 g/mol. The SMILES string of the molecule is COc1ccc2ccc(-c3csc(C(C)C)n3)nc2c1C. The summed E-state index contributed by atoms with van der Waals surface area (Å²) >= 11 is 1.69. The van der Waals surface area contributed by atoms with Gasteiger partial charge in [-0.15, -0.1) is 11.3 Å².